The summed E-state index contributed by atoms with van der Waals surface area (Å²) in [5.74, 6) is -0.169. The van der Waals surface area contributed by atoms with Crippen molar-refractivity contribution in [1.29, 1.82) is 0 Å². The number of alkyl halides is 3. The van der Waals surface area contributed by atoms with Crippen molar-refractivity contribution in [1.82, 2.24) is 29.6 Å². The Labute approximate surface area is 214 Å². The van der Waals surface area contributed by atoms with Gasteiger partial charge < -0.3 is 4.90 Å². The molecule has 0 saturated heterocycles. The summed E-state index contributed by atoms with van der Waals surface area (Å²) in [6.45, 7) is 0.587. The zero-order valence-corrected chi connectivity index (χ0v) is 20.1. The molecule has 0 atom stereocenters. The molecular formula is C27H21F3N6O2. The molecule has 3 heterocycles. The van der Waals surface area contributed by atoms with Crippen LogP contribution in [0.4, 0.5) is 13.2 Å². The van der Waals surface area contributed by atoms with Crippen LogP contribution in [0.5, 0.6) is 0 Å². The fourth-order valence-corrected chi connectivity index (χ4v) is 4.21. The van der Waals surface area contributed by atoms with Crippen LogP contribution in [-0.4, -0.2) is 42.6 Å². The molecule has 0 aliphatic heterocycles. The molecule has 0 saturated carbocycles. The van der Waals surface area contributed by atoms with Crippen molar-refractivity contribution < 1.29 is 18.0 Å². The maximum atomic E-state index is 13.3. The number of hydrogen-bond acceptors (Lipinski definition) is 5. The number of aromatic nitrogens is 5. The number of fused-ring (bicyclic) bond motifs is 1. The van der Waals surface area contributed by atoms with Gasteiger partial charge in [0.25, 0.3) is 11.5 Å². The second kappa shape index (κ2) is 9.92. The standard InChI is InChI=1S/C27H21F3N6O2/c1-35(14-17-7-9-31-10-8-17)25(37)20-4-2-3-18(11-20)15-36-16-32-23-12-19(5-6-21(23)26(36)38)22-13-33-34-24(22)27(28,29)30/h2-13,16H,14-15H2,1H3,(H,33,34). The van der Waals surface area contributed by atoms with Crippen LogP contribution in [0.15, 0.2) is 84.3 Å². The molecule has 2 aromatic carbocycles. The van der Waals surface area contributed by atoms with E-state index in [4.69, 9.17) is 0 Å². The Balaban J connectivity index is 1.38. The van der Waals surface area contributed by atoms with Crippen LogP contribution >= 0.6 is 0 Å². The van der Waals surface area contributed by atoms with E-state index in [0.717, 1.165) is 17.3 Å². The van der Waals surface area contributed by atoms with Crippen molar-refractivity contribution in [3.8, 4) is 11.1 Å². The van der Waals surface area contributed by atoms with Crippen molar-refractivity contribution in [3.05, 3.63) is 112 Å². The number of aromatic amines is 1. The van der Waals surface area contributed by atoms with Gasteiger partial charge in [-0.15, -0.1) is 0 Å². The van der Waals surface area contributed by atoms with E-state index in [2.05, 4.69) is 15.1 Å². The number of amides is 1. The molecule has 0 unspecified atom stereocenters. The second-order valence-corrected chi connectivity index (χ2v) is 8.78. The van der Waals surface area contributed by atoms with Crippen molar-refractivity contribution >= 4 is 16.8 Å². The maximum absolute atomic E-state index is 13.3. The van der Waals surface area contributed by atoms with E-state index in [-0.39, 0.29) is 40.0 Å². The molecule has 1 amide bonds. The van der Waals surface area contributed by atoms with Crippen LogP contribution in [0, 0.1) is 0 Å². The van der Waals surface area contributed by atoms with E-state index in [1.807, 2.05) is 17.2 Å². The molecular weight excluding hydrogens is 497 g/mol. The van der Waals surface area contributed by atoms with Gasteiger partial charge in [0.05, 0.1) is 30.0 Å². The molecule has 0 aliphatic rings. The van der Waals surface area contributed by atoms with Gasteiger partial charge in [0.15, 0.2) is 0 Å². The van der Waals surface area contributed by atoms with E-state index in [9.17, 15) is 22.8 Å². The molecule has 0 spiro atoms. The van der Waals surface area contributed by atoms with Crippen LogP contribution in [0.25, 0.3) is 22.0 Å². The number of nitrogens with zero attached hydrogens (tertiary/aromatic N) is 5. The van der Waals surface area contributed by atoms with Crippen molar-refractivity contribution in [3.63, 3.8) is 0 Å². The number of carbonyl (C=O) groups excluding carboxylic acids is 1. The van der Waals surface area contributed by atoms with E-state index in [1.54, 1.807) is 48.6 Å². The molecule has 0 aliphatic carbocycles. The lowest BCUT2D eigenvalue weighted by molar-refractivity contribution is -0.140. The lowest BCUT2D eigenvalue weighted by atomic mass is 10.0. The number of rotatable bonds is 6. The van der Waals surface area contributed by atoms with Crippen LogP contribution in [0.2, 0.25) is 0 Å². The fraction of sp³-hybridized carbons (Fsp3) is 0.148. The summed E-state index contributed by atoms with van der Waals surface area (Å²) >= 11 is 0. The molecule has 192 valence electrons. The van der Waals surface area contributed by atoms with Gasteiger partial charge in [-0.2, -0.15) is 18.3 Å². The van der Waals surface area contributed by atoms with Gasteiger partial charge in [-0.05, 0) is 53.1 Å². The third-order valence-electron chi connectivity index (χ3n) is 6.10. The SMILES string of the molecule is CN(Cc1ccncc1)C(=O)c1cccc(Cn2cnc3cc(-c4cn[nH]c4C(F)(F)F)ccc3c2=O)c1. The Morgan fingerprint density at radius 2 is 1.84 bits per heavy atom. The molecule has 3 aromatic heterocycles. The Hall–Kier alpha value is -4.80. The van der Waals surface area contributed by atoms with Crippen molar-refractivity contribution in [2.45, 2.75) is 19.3 Å². The minimum Gasteiger partial charge on any atom is -0.337 e. The quantitative estimate of drug-likeness (QED) is 0.357. The number of carbonyl (C=O) groups is 1. The number of nitrogens with one attached hydrogen (secondary N) is 1. The summed E-state index contributed by atoms with van der Waals surface area (Å²) in [7, 11) is 1.71. The Morgan fingerprint density at radius 3 is 2.61 bits per heavy atom. The Kier molecular flexibility index (Phi) is 6.50. The lowest BCUT2D eigenvalue weighted by Gasteiger charge is -2.18. The molecule has 8 nitrogen and oxygen atoms in total. The number of halogens is 3. The lowest BCUT2D eigenvalue weighted by Crippen LogP contribution is -2.26. The van der Waals surface area contributed by atoms with Crippen LogP contribution < -0.4 is 5.56 Å². The van der Waals surface area contributed by atoms with Crippen LogP contribution in [0.3, 0.4) is 0 Å². The first-order chi connectivity index (χ1) is 18.2. The second-order valence-electron chi connectivity index (χ2n) is 8.78. The molecule has 11 heteroatoms. The fourth-order valence-electron chi connectivity index (χ4n) is 4.21. The largest absolute Gasteiger partial charge is 0.433 e. The first-order valence-electron chi connectivity index (χ1n) is 11.5. The molecule has 0 bridgehead atoms. The molecule has 38 heavy (non-hydrogen) atoms. The summed E-state index contributed by atoms with van der Waals surface area (Å²) in [6, 6.07) is 15.0. The number of benzene rings is 2. The molecule has 5 aromatic rings. The van der Waals surface area contributed by atoms with E-state index in [0.29, 0.717) is 12.1 Å². The average Bonchev–Trinajstić information content (AvgIpc) is 3.41. The molecule has 0 radical (unpaired) electrons. The van der Waals surface area contributed by atoms with E-state index < -0.39 is 11.9 Å². The first kappa shape index (κ1) is 24.9. The topological polar surface area (TPSA) is 96.8 Å². The Bertz CT molecular complexity index is 1680. The molecule has 1 N–H and O–H groups in total. The van der Waals surface area contributed by atoms with Gasteiger partial charge in [0.2, 0.25) is 0 Å². The molecule has 5 rings (SSSR count). The van der Waals surface area contributed by atoms with Gasteiger partial charge in [0, 0.05) is 37.1 Å². The van der Waals surface area contributed by atoms with Gasteiger partial charge >= 0.3 is 6.18 Å². The highest BCUT2D eigenvalue weighted by molar-refractivity contribution is 5.94. The minimum atomic E-state index is -4.60. The summed E-state index contributed by atoms with van der Waals surface area (Å²) in [5.41, 5.74) is 1.21. The first-order valence-corrected chi connectivity index (χ1v) is 11.5. The minimum absolute atomic E-state index is 0.124. The van der Waals surface area contributed by atoms with E-state index in [1.165, 1.54) is 29.1 Å². The predicted octanol–water partition coefficient (Wildman–Crippen LogP) is 4.52. The van der Waals surface area contributed by atoms with Gasteiger partial charge in [-0.25, -0.2) is 4.98 Å². The number of hydrogen-bond donors (Lipinski definition) is 1. The van der Waals surface area contributed by atoms with Crippen LogP contribution in [-0.2, 0) is 19.3 Å². The van der Waals surface area contributed by atoms with Gasteiger partial charge in [-0.3, -0.25) is 24.2 Å². The van der Waals surface area contributed by atoms with Crippen molar-refractivity contribution in [2.75, 3.05) is 7.05 Å². The smallest absolute Gasteiger partial charge is 0.337 e. The zero-order valence-electron chi connectivity index (χ0n) is 20.1. The third kappa shape index (κ3) is 5.03. The Morgan fingerprint density at radius 1 is 1.05 bits per heavy atom. The highest BCUT2D eigenvalue weighted by atomic mass is 19.4. The normalized spacial score (nSPS) is 11.6. The van der Waals surface area contributed by atoms with Gasteiger partial charge in [0.1, 0.15) is 5.69 Å². The predicted molar refractivity (Wildman–Crippen MR) is 134 cm³/mol. The number of H-pyrrole nitrogens is 1. The summed E-state index contributed by atoms with van der Waals surface area (Å²) in [5, 5.41) is 5.76. The maximum Gasteiger partial charge on any atom is 0.433 e. The van der Waals surface area contributed by atoms with Crippen LogP contribution in [0.1, 0.15) is 27.2 Å². The summed E-state index contributed by atoms with van der Waals surface area (Å²) < 4.78 is 41.2. The third-order valence-corrected chi connectivity index (χ3v) is 6.10. The monoisotopic (exact) mass is 518 g/mol. The zero-order chi connectivity index (χ0) is 26.9. The molecule has 0 fully saturated rings. The number of pyridine rings is 1. The highest BCUT2D eigenvalue weighted by Gasteiger charge is 2.36. The summed E-state index contributed by atoms with van der Waals surface area (Å²) in [4.78, 5) is 36.0. The average molecular weight is 518 g/mol. The van der Waals surface area contributed by atoms with Gasteiger partial charge in [-0.1, -0.05) is 18.2 Å². The summed E-state index contributed by atoms with van der Waals surface area (Å²) in [6.07, 6.45) is 1.18. The van der Waals surface area contributed by atoms with Crippen molar-refractivity contribution in [2.24, 2.45) is 0 Å². The highest BCUT2D eigenvalue weighted by Crippen LogP contribution is 2.35. The van der Waals surface area contributed by atoms with E-state index >= 15 is 0 Å².